The van der Waals surface area contributed by atoms with E-state index >= 15 is 0 Å². The van der Waals surface area contributed by atoms with E-state index in [2.05, 4.69) is 30.1 Å². The van der Waals surface area contributed by atoms with Crippen molar-refractivity contribution >= 4 is 41.3 Å². The zero-order chi connectivity index (χ0) is 31.9. The molecule has 4 rings (SSSR count). The van der Waals surface area contributed by atoms with E-state index in [1.54, 1.807) is 58.1 Å². The van der Waals surface area contributed by atoms with Gasteiger partial charge in [-0.25, -0.2) is 24.5 Å². The van der Waals surface area contributed by atoms with Crippen LogP contribution in [0.2, 0.25) is 5.02 Å². The zero-order valence-corrected chi connectivity index (χ0v) is 26.4. The lowest BCUT2D eigenvalue weighted by Gasteiger charge is -2.35. The number of likely N-dealkylation sites (N-methyl/N-ethyl adjacent to an activating group) is 1. The van der Waals surface area contributed by atoms with E-state index in [9.17, 15) is 14.4 Å². The van der Waals surface area contributed by atoms with Crippen LogP contribution in [-0.4, -0.2) is 89.8 Å². The maximum absolute atomic E-state index is 12.5. The number of anilines is 2. The third-order valence-corrected chi connectivity index (χ3v) is 7.00. The number of esters is 1. The molecule has 13 heteroatoms. The van der Waals surface area contributed by atoms with Crippen molar-refractivity contribution in [1.29, 1.82) is 0 Å². The fourth-order valence-corrected chi connectivity index (χ4v) is 4.84. The number of piperazine rings is 1. The predicted octanol–water partition coefficient (Wildman–Crippen LogP) is 4.18. The summed E-state index contributed by atoms with van der Waals surface area (Å²) >= 11 is 6.45. The predicted molar refractivity (Wildman–Crippen MR) is 168 cm³/mol. The highest BCUT2D eigenvalue weighted by atomic mass is 35.5. The van der Waals surface area contributed by atoms with Crippen molar-refractivity contribution in [3.05, 3.63) is 65.1 Å². The van der Waals surface area contributed by atoms with Gasteiger partial charge in [-0.05, 0) is 51.0 Å². The number of hydrogen-bond donors (Lipinski definition) is 1. The maximum Gasteiger partial charge on any atom is 0.408 e. The lowest BCUT2D eigenvalue weighted by molar-refractivity contribution is -0.129. The molecule has 1 aliphatic rings. The quantitative estimate of drug-likeness (QED) is 0.347. The molecule has 3 heterocycles. The molecule has 44 heavy (non-hydrogen) atoms. The summed E-state index contributed by atoms with van der Waals surface area (Å²) in [7, 11) is 1.69. The Balaban J connectivity index is 1.31. The second kappa shape index (κ2) is 14.3. The van der Waals surface area contributed by atoms with Gasteiger partial charge in [-0.1, -0.05) is 29.8 Å². The fraction of sp³-hybridized carbons (Fsp3) is 0.419. The first kappa shape index (κ1) is 32.5. The van der Waals surface area contributed by atoms with Crippen molar-refractivity contribution in [2.75, 3.05) is 56.2 Å². The minimum absolute atomic E-state index is 0.153. The summed E-state index contributed by atoms with van der Waals surface area (Å²) in [6.07, 6.45) is 4.44. The number of rotatable bonds is 9. The van der Waals surface area contributed by atoms with Gasteiger partial charge in [0.05, 0.1) is 17.2 Å². The molecule has 1 fully saturated rings. The Morgan fingerprint density at radius 3 is 2.30 bits per heavy atom. The number of carbonyl (C=O) groups excluding carboxylic acids is 3. The van der Waals surface area contributed by atoms with Gasteiger partial charge in [0.25, 0.3) is 0 Å². The Kier molecular flexibility index (Phi) is 10.6. The number of hydrogen-bond acceptors (Lipinski definition) is 10. The van der Waals surface area contributed by atoms with Crippen molar-refractivity contribution < 1.29 is 23.9 Å². The Labute approximate surface area is 262 Å². The van der Waals surface area contributed by atoms with Gasteiger partial charge in [-0.15, -0.1) is 0 Å². The van der Waals surface area contributed by atoms with Gasteiger partial charge in [-0.2, -0.15) is 0 Å². The summed E-state index contributed by atoms with van der Waals surface area (Å²) in [6, 6.07) is 9.41. The van der Waals surface area contributed by atoms with Crippen molar-refractivity contribution in [1.82, 2.24) is 25.2 Å². The van der Waals surface area contributed by atoms with Gasteiger partial charge in [0.15, 0.2) is 0 Å². The lowest BCUT2D eigenvalue weighted by atomic mass is 10.1. The number of nitrogens with one attached hydrogen (secondary N) is 1. The van der Waals surface area contributed by atoms with Crippen molar-refractivity contribution in [2.24, 2.45) is 0 Å². The van der Waals surface area contributed by atoms with Gasteiger partial charge in [-0.3, -0.25) is 4.79 Å². The minimum atomic E-state index is -0.634. The van der Waals surface area contributed by atoms with Gasteiger partial charge in [0, 0.05) is 63.9 Å². The largest absolute Gasteiger partial charge is 0.462 e. The highest BCUT2D eigenvalue weighted by Crippen LogP contribution is 2.27. The molecule has 234 valence electrons. The zero-order valence-electron chi connectivity index (χ0n) is 25.7. The van der Waals surface area contributed by atoms with Crippen LogP contribution in [0, 0.1) is 0 Å². The van der Waals surface area contributed by atoms with Gasteiger partial charge >= 0.3 is 12.1 Å². The number of ether oxygens (including phenoxy) is 2. The first-order valence-corrected chi connectivity index (χ1v) is 14.8. The maximum atomic E-state index is 12.5. The van der Waals surface area contributed by atoms with Gasteiger partial charge in [0.1, 0.15) is 18.0 Å². The van der Waals surface area contributed by atoms with E-state index in [1.165, 1.54) is 6.20 Å². The average Bonchev–Trinajstić information content (AvgIpc) is 2.99. The van der Waals surface area contributed by atoms with Crippen molar-refractivity contribution in [2.45, 2.75) is 39.8 Å². The smallest absolute Gasteiger partial charge is 0.408 e. The van der Waals surface area contributed by atoms with Crippen LogP contribution in [-0.2, 0) is 20.8 Å². The minimum Gasteiger partial charge on any atom is -0.462 e. The van der Waals surface area contributed by atoms with Gasteiger partial charge in [0.2, 0.25) is 11.9 Å². The molecule has 1 saturated heterocycles. The van der Waals surface area contributed by atoms with E-state index in [-0.39, 0.29) is 19.1 Å². The molecule has 2 amide bonds. The summed E-state index contributed by atoms with van der Waals surface area (Å²) < 4.78 is 10.2. The Morgan fingerprint density at radius 2 is 1.66 bits per heavy atom. The number of nitrogens with zero attached hydrogens (tertiary/aromatic N) is 6. The van der Waals surface area contributed by atoms with Crippen LogP contribution in [0.5, 0.6) is 0 Å². The second-order valence-corrected chi connectivity index (χ2v) is 11.7. The molecule has 2 aromatic heterocycles. The molecule has 0 saturated carbocycles. The van der Waals surface area contributed by atoms with E-state index in [0.29, 0.717) is 55.1 Å². The average molecular weight is 624 g/mol. The number of alkyl carbamates (subject to hydrolysis) is 1. The fourth-order valence-electron chi connectivity index (χ4n) is 4.55. The van der Waals surface area contributed by atoms with Crippen LogP contribution in [0.4, 0.5) is 16.6 Å². The molecule has 1 aromatic carbocycles. The van der Waals surface area contributed by atoms with Crippen molar-refractivity contribution in [3.8, 4) is 11.1 Å². The van der Waals surface area contributed by atoms with Crippen LogP contribution >= 0.6 is 11.6 Å². The first-order chi connectivity index (χ1) is 20.9. The van der Waals surface area contributed by atoms with Gasteiger partial charge < -0.3 is 29.5 Å². The molecule has 0 spiro atoms. The number of benzene rings is 1. The standard InChI is InChI=1S/C31H38ClN7O5/c1-6-43-28(41)23-15-25(32)27(33-16-23)38-10-12-39(13-11-38)29-34-17-24(18-35-29)22-9-7-8-21(14-22)20-37(5)26(40)19-36-30(42)44-31(2,3)4/h7-9,14-18H,6,10-13,19-20H2,1-5H3,(H,36,42). The van der Waals surface area contributed by atoms with E-state index in [0.717, 1.165) is 16.7 Å². The van der Waals surface area contributed by atoms with E-state index in [4.69, 9.17) is 21.1 Å². The molecule has 1 aliphatic heterocycles. The molecule has 0 radical (unpaired) electrons. The summed E-state index contributed by atoms with van der Waals surface area (Å²) in [5.74, 6) is 0.574. The van der Waals surface area contributed by atoms with E-state index < -0.39 is 17.7 Å². The molecule has 1 N–H and O–H groups in total. The second-order valence-electron chi connectivity index (χ2n) is 11.3. The molecule has 0 bridgehead atoms. The molecular weight excluding hydrogens is 586 g/mol. The topological polar surface area (TPSA) is 130 Å². The third-order valence-electron chi connectivity index (χ3n) is 6.72. The summed E-state index contributed by atoms with van der Waals surface area (Å²) in [6.45, 7) is 10.2. The summed E-state index contributed by atoms with van der Waals surface area (Å²) in [5, 5.41) is 2.90. The number of halogens is 1. The van der Waals surface area contributed by atoms with Crippen LogP contribution in [0.1, 0.15) is 43.6 Å². The molecule has 0 atom stereocenters. The van der Waals surface area contributed by atoms with Crippen LogP contribution in [0.25, 0.3) is 11.1 Å². The number of aromatic nitrogens is 3. The number of amides is 2. The molecule has 12 nitrogen and oxygen atoms in total. The summed E-state index contributed by atoms with van der Waals surface area (Å²) in [4.78, 5) is 55.7. The van der Waals surface area contributed by atoms with Crippen LogP contribution < -0.4 is 15.1 Å². The summed E-state index contributed by atoms with van der Waals surface area (Å²) in [5.41, 5.74) is 2.40. The van der Waals surface area contributed by atoms with Crippen molar-refractivity contribution in [3.63, 3.8) is 0 Å². The van der Waals surface area contributed by atoms with Crippen LogP contribution in [0.3, 0.4) is 0 Å². The molecular formula is C31H38ClN7O5. The normalized spacial score (nSPS) is 13.3. The SMILES string of the molecule is CCOC(=O)c1cnc(N2CCN(c3ncc(-c4cccc(CN(C)C(=O)CNC(=O)OC(C)(C)C)c4)cn3)CC2)c(Cl)c1. The monoisotopic (exact) mass is 623 g/mol. The Bertz CT molecular complexity index is 1470. The highest BCUT2D eigenvalue weighted by molar-refractivity contribution is 6.33. The molecule has 0 aliphatic carbocycles. The highest BCUT2D eigenvalue weighted by Gasteiger charge is 2.23. The molecule has 0 unspecified atom stereocenters. The lowest BCUT2D eigenvalue weighted by Crippen LogP contribution is -2.47. The van der Waals surface area contributed by atoms with Crippen LogP contribution in [0.15, 0.2) is 48.9 Å². The van der Waals surface area contributed by atoms with E-state index in [1.807, 2.05) is 24.3 Å². The Hall–Kier alpha value is -4.45. The first-order valence-electron chi connectivity index (χ1n) is 14.4. The number of pyridine rings is 1. The third kappa shape index (κ3) is 8.79. The molecule has 3 aromatic rings. The number of carbonyl (C=O) groups is 3. The Morgan fingerprint density at radius 1 is 0.977 bits per heavy atom.